The van der Waals surface area contributed by atoms with Crippen LogP contribution in [-0.2, 0) is 6.42 Å². The Kier molecular flexibility index (Phi) is 5.77. The van der Waals surface area contributed by atoms with Gasteiger partial charge in [-0.05, 0) is 48.4 Å². The predicted octanol–water partition coefficient (Wildman–Crippen LogP) is 3.99. The van der Waals surface area contributed by atoms with Gasteiger partial charge in [-0.1, -0.05) is 35.3 Å². The van der Waals surface area contributed by atoms with Gasteiger partial charge in [0.1, 0.15) is 0 Å². The van der Waals surface area contributed by atoms with Crippen molar-refractivity contribution < 1.29 is 4.79 Å². The van der Waals surface area contributed by atoms with Crippen LogP contribution < -0.4 is 0 Å². The van der Waals surface area contributed by atoms with Gasteiger partial charge in [-0.2, -0.15) is 0 Å². The molecule has 0 aliphatic carbocycles. The predicted molar refractivity (Wildman–Crippen MR) is 99.0 cm³/mol. The molecular formula is C19H20Cl2N2O. The number of carbonyl (C=O) groups is 1. The van der Waals surface area contributed by atoms with Gasteiger partial charge in [-0.15, -0.1) is 0 Å². The van der Waals surface area contributed by atoms with Gasteiger partial charge in [0.15, 0.2) is 0 Å². The molecule has 3 rings (SSSR count). The molecule has 1 saturated heterocycles. The average molecular weight is 363 g/mol. The average Bonchev–Trinajstić information content (AvgIpc) is 2.61. The Bertz CT molecular complexity index is 695. The molecule has 2 aromatic carbocycles. The van der Waals surface area contributed by atoms with E-state index in [0.717, 1.165) is 44.2 Å². The van der Waals surface area contributed by atoms with Crippen molar-refractivity contribution in [3.8, 4) is 0 Å². The lowest BCUT2D eigenvalue weighted by molar-refractivity contribution is 0.0638. The molecule has 0 spiro atoms. The highest BCUT2D eigenvalue weighted by Gasteiger charge is 2.21. The Labute approximate surface area is 152 Å². The summed E-state index contributed by atoms with van der Waals surface area (Å²) in [5.74, 6) is 0.0844. The highest BCUT2D eigenvalue weighted by molar-refractivity contribution is 6.30. The number of carbonyl (C=O) groups excluding carboxylic acids is 1. The van der Waals surface area contributed by atoms with E-state index in [0.29, 0.717) is 10.6 Å². The van der Waals surface area contributed by atoms with E-state index in [9.17, 15) is 4.79 Å². The minimum absolute atomic E-state index is 0.0844. The largest absolute Gasteiger partial charge is 0.336 e. The van der Waals surface area contributed by atoms with Gasteiger partial charge in [0.2, 0.25) is 0 Å². The highest BCUT2D eigenvalue weighted by atomic mass is 35.5. The molecule has 1 aliphatic heterocycles. The quantitative estimate of drug-likeness (QED) is 0.820. The minimum atomic E-state index is 0.0844. The van der Waals surface area contributed by atoms with E-state index in [4.69, 9.17) is 23.2 Å². The van der Waals surface area contributed by atoms with E-state index < -0.39 is 0 Å². The fourth-order valence-electron chi connectivity index (χ4n) is 2.93. The molecular weight excluding hydrogens is 343 g/mol. The van der Waals surface area contributed by atoms with Gasteiger partial charge >= 0.3 is 0 Å². The van der Waals surface area contributed by atoms with E-state index in [-0.39, 0.29) is 5.91 Å². The molecule has 2 aromatic rings. The Morgan fingerprint density at radius 1 is 0.917 bits per heavy atom. The third-order valence-electron chi connectivity index (χ3n) is 4.36. The maximum atomic E-state index is 12.5. The lowest BCUT2D eigenvalue weighted by Crippen LogP contribution is -2.49. The molecule has 0 atom stereocenters. The molecule has 1 aliphatic rings. The van der Waals surface area contributed by atoms with Crippen LogP contribution in [0, 0.1) is 0 Å². The molecule has 3 nitrogen and oxygen atoms in total. The zero-order valence-electron chi connectivity index (χ0n) is 13.4. The Balaban J connectivity index is 1.48. The summed E-state index contributed by atoms with van der Waals surface area (Å²) < 4.78 is 0. The van der Waals surface area contributed by atoms with Crippen LogP contribution in [0.3, 0.4) is 0 Å². The topological polar surface area (TPSA) is 23.6 Å². The van der Waals surface area contributed by atoms with E-state index in [1.165, 1.54) is 5.56 Å². The van der Waals surface area contributed by atoms with Gasteiger partial charge in [-0.25, -0.2) is 0 Å². The van der Waals surface area contributed by atoms with E-state index >= 15 is 0 Å². The normalized spacial score (nSPS) is 15.5. The van der Waals surface area contributed by atoms with Crippen molar-refractivity contribution in [2.24, 2.45) is 0 Å². The number of hydrogen-bond acceptors (Lipinski definition) is 2. The summed E-state index contributed by atoms with van der Waals surface area (Å²) in [6, 6.07) is 15.1. The fraction of sp³-hybridized carbons (Fsp3) is 0.316. The molecule has 0 bridgehead atoms. The summed E-state index contributed by atoms with van der Waals surface area (Å²) in [4.78, 5) is 16.8. The highest BCUT2D eigenvalue weighted by Crippen LogP contribution is 2.14. The van der Waals surface area contributed by atoms with Crippen LogP contribution >= 0.6 is 23.2 Å². The van der Waals surface area contributed by atoms with Crippen molar-refractivity contribution in [1.82, 2.24) is 9.80 Å². The molecule has 0 unspecified atom stereocenters. The van der Waals surface area contributed by atoms with Crippen molar-refractivity contribution in [2.45, 2.75) is 6.42 Å². The molecule has 1 heterocycles. The van der Waals surface area contributed by atoms with Crippen LogP contribution in [-0.4, -0.2) is 48.4 Å². The third-order valence-corrected chi connectivity index (χ3v) is 4.84. The van der Waals surface area contributed by atoms with Gasteiger partial charge in [-0.3, -0.25) is 9.69 Å². The van der Waals surface area contributed by atoms with Crippen molar-refractivity contribution >= 4 is 29.1 Å². The van der Waals surface area contributed by atoms with Gasteiger partial charge in [0, 0.05) is 48.3 Å². The Hall–Kier alpha value is -1.55. The zero-order chi connectivity index (χ0) is 16.9. The maximum absolute atomic E-state index is 12.5. The Morgan fingerprint density at radius 3 is 2.29 bits per heavy atom. The lowest BCUT2D eigenvalue weighted by atomic mass is 10.1. The SMILES string of the molecule is O=C(c1ccc(Cl)cc1)N1CCN(CCc2cccc(Cl)c2)CC1. The smallest absolute Gasteiger partial charge is 0.253 e. The zero-order valence-corrected chi connectivity index (χ0v) is 14.9. The van der Waals surface area contributed by atoms with Crippen molar-refractivity contribution in [3.05, 3.63) is 69.7 Å². The van der Waals surface area contributed by atoms with Crippen LogP contribution in [0.1, 0.15) is 15.9 Å². The first-order chi connectivity index (χ1) is 11.6. The first-order valence-electron chi connectivity index (χ1n) is 8.13. The molecule has 0 radical (unpaired) electrons. The third kappa shape index (κ3) is 4.50. The van der Waals surface area contributed by atoms with Crippen LogP contribution in [0.4, 0.5) is 0 Å². The minimum Gasteiger partial charge on any atom is -0.336 e. The lowest BCUT2D eigenvalue weighted by Gasteiger charge is -2.34. The van der Waals surface area contributed by atoms with E-state index in [2.05, 4.69) is 11.0 Å². The summed E-state index contributed by atoms with van der Waals surface area (Å²) in [6.45, 7) is 4.32. The monoisotopic (exact) mass is 362 g/mol. The molecule has 24 heavy (non-hydrogen) atoms. The molecule has 1 fully saturated rings. The Morgan fingerprint density at radius 2 is 1.62 bits per heavy atom. The van der Waals surface area contributed by atoms with E-state index in [1.807, 2.05) is 23.1 Å². The van der Waals surface area contributed by atoms with Crippen molar-refractivity contribution in [2.75, 3.05) is 32.7 Å². The van der Waals surface area contributed by atoms with Crippen molar-refractivity contribution in [3.63, 3.8) is 0 Å². The summed E-state index contributed by atoms with van der Waals surface area (Å²) >= 11 is 11.9. The fourth-order valence-corrected chi connectivity index (χ4v) is 3.27. The second kappa shape index (κ2) is 8.02. The number of piperazine rings is 1. The number of benzene rings is 2. The second-order valence-electron chi connectivity index (χ2n) is 6.02. The second-order valence-corrected chi connectivity index (χ2v) is 6.89. The molecule has 126 valence electrons. The van der Waals surface area contributed by atoms with Gasteiger partial charge in [0.05, 0.1) is 0 Å². The standard InChI is InChI=1S/C19H20Cl2N2O/c20-17-6-4-16(5-7-17)19(24)23-12-10-22(11-13-23)9-8-15-2-1-3-18(21)14-15/h1-7,14H,8-13H2. The van der Waals surface area contributed by atoms with Gasteiger partial charge < -0.3 is 4.90 Å². The van der Waals surface area contributed by atoms with Crippen molar-refractivity contribution in [1.29, 1.82) is 0 Å². The number of rotatable bonds is 4. The summed E-state index contributed by atoms with van der Waals surface area (Å²) in [5, 5.41) is 1.43. The summed E-state index contributed by atoms with van der Waals surface area (Å²) in [6.07, 6.45) is 0.978. The van der Waals surface area contributed by atoms with E-state index in [1.54, 1.807) is 24.3 Å². The summed E-state index contributed by atoms with van der Waals surface area (Å²) in [5.41, 5.74) is 1.95. The van der Waals surface area contributed by atoms with Crippen LogP contribution in [0.25, 0.3) is 0 Å². The first kappa shape index (κ1) is 17.3. The van der Waals surface area contributed by atoms with Crippen LogP contribution in [0.15, 0.2) is 48.5 Å². The molecule has 0 aromatic heterocycles. The van der Waals surface area contributed by atoms with Crippen LogP contribution in [0.5, 0.6) is 0 Å². The number of amides is 1. The maximum Gasteiger partial charge on any atom is 0.253 e. The number of halogens is 2. The summed E-state index contributed by atoms with van der Waals surface area (Å²) in [7, 11) is 0. The molecule has 0 N–H and O–H groups in total. The van der Waals surface area contributed by atoms with Gasteiger partial charge in [0.25, 0.3) is 5.91 Å². The molecule has 5 heteroatoms. The van der Waals surface area contributed by atoms with Crippen LogP contribution in [0.2, 0.25) is 10.0 Å². The number of nitrogens with zero attached hydrogens (tertiary/aromatic N) is 2. The first-order valence-corrected chi connectivity index (χ1v) is 8.89. The molecule has 1 amide bonds. The molecule has 0 saturated carbocycles. The number of hydrogen-bond donors (Lipinski definition) is 0.